The molecule has 0 unspecified atom stereocenters. The molecule has 0 fully saturated rings. The van der Waals surface area contributed by atoms with Gasteiger partial charge in [0.05, 0.1) is 0 Å². The lowest BCUT2D eigenvalue weighted by molar-refractivity contribution is -0.141. The summed E-state index contributed by atoms with van der Waals surface area (Å²) in [6.45, 7) is 0. The average molecular weight is 384 g/mol. The van der Waals surface area contributed by atoms with E-state index in [2.05, 4.69) is 5.32 Å². The fourth-order valence-corrected chi connectivity index (χ4v) is 3.03. The summed E-state index contributed by atoms with van der Waals surface area (Å²) in [7, 11) is 1.86. The molecule has 0 bridgehead atoms. The van der Waals surface area contributed by atoms with Crippen molar-refractivity contribution in [1.82, 2.24) is 9.88 Å². The molecule has 0 saturated carbocycles. The largest absolute Gasteiger partial charge is 0.480 e. The number of hydrogen-bond acceptors (Lipinski definition) is 2. The lowest BCUT2D eigenvalue weighted by Crippen LogP contribution is -2.41. The highest BCUT2D eigenvalue weighted by atomic mass is 19.1. The van der Waals surface area contributed by atoms with Crippen LogP contribution in [0.15, 0.2) is 54.7 Å². The van der Waals surface area contributed by atoms with Crippen molar-refractivity contribution in [2.45, 2.75) is 12.5 Å². The Morgan fingerprint density at radius 2 is 1.96 bits per heavy atom. The zero-order valence-corrected chi connectivity index (χ0v) is 15.0. The van der Waals surface area contributed by atoms with Crippen molar-refractivity contribution in [2.75, 3.05) is 0 Å². The Labute approximate surface area is 159 Å². The number of nitrogens with zero attached hydrogens (tertiary/aromatic N) is 1. The van der Waals surface area contributed by atoms with E-state index in [4.69, 9.17) is 0 Å². The van der Waals surface area contributed by atoms with Gasteiger partial charge in [0.2, 0.25) is 5.91 Å². The van der Waals surface area contributed by atoms with Gasteiger partial charge in [-0.1, -0.05) is 18.2 Å². The van der Waals surface area contributed by atoms with Crippen LogP contribution < -0.4 is 5.32 Å². The van der Waals surface area contributed by atoms with Crippen LogP contribution in [0.4, 0.5) is 8.78 Å². The first-order valence-corrected chi connectivity index (χ1v) is 8.54. The number of hydrogen-bond donors (Lipinski definition) is 2. The summed E-state index contributed by atoms with van der Waals surface area (Å²) in [6, 6.07) is 9.39. The van der Waals surface area contributed by atoms with Gasteiger partial charge in [0, 0.05) is 48.3 Å². The highest BCUT2D eigenvalue weighted by molar-refractivity contribution is 5.94. The number of nitrogens with one attached hydrogen (secondary N) is 1. The van der Waals surface area contributed by atoms with E-state index in [1.807, 2.05) is 42.1 Å². The number of aryl methyl sites for hydroxylation is 1. The molecule has 1 atom stereocenters. The summed E-state index contributed by atoms with van der Waals surface area (Å²) in [6.07, 6.45) is 4.12. The van der Waals surface area contributed by atoms with E-state index >= 15 is 0 Å². The molecular weight excluding hydrogens is 366 g/mol. The second-order valence-corrected chi connectivity index (χ2v) is 6.39. The maximum Gasteiger partial charge on any atom is 0.326 e. The van der Waals surface area contributed by atoms with Gasteiger partial charge < -0.3 is 15.0 Å². The predicted octanol–water partition coefficient (Wildman–Crippen LogP) is 3.28. The molecule has 0 saturated heterocycles. The van der Waals surface area contributed by atoms with Crippen molar-refractivity contribution >= 4 is 28.9 Å². The SMILES string of the molecule is Cn1cc(C[C@H](NC(=O)C=Cc2ccc(F)cc2F)C(=O)O)c2ccccc21. The third-order valence-electron chi connectivity index (χ3n) is 4.39. The molecule has 3 rings (SSSR count). The van der Waals surface area contributed by atoms with Gasteiger partial charge in [0.1, 0.15) is 17.7 Å². The van der Waals surface area contributed by atoms with Gasteiger partial charge in [-0.15, -0.1) is 0 Å². The van der Waals surface area contributed by atoms with Crippen molar-refractivity contribution in [3.8, 4) is 0 Å². The minimum atomic E-state index is -1.18. The van der Waals surface area contributed by atoms with Crippen LogP contribution in [0.1, 0.15) is 11.1 Å². The molecule has 3 aromatic rings. The molecule has 144 valence electrons. The van der Waals surface area contributed by atoms with Crippen LogP contribution in [0.5, 0.6) is 0 Å². The quantitative estimate of drug-likeness (QED) is 0.641. The molecule has 28 heavy (non-hydrogen) atoms. The third-order valence-corrected chi connectivity index (χ3v) is 4.39. The van der Waals surface area contributed by atoms with Gasteiger partial charge in [-0.2, -0.15) is 0 Å². The lowest BCUT2D eigenvalue weighted by atomic mass is 10.0. The number of halogens is 2. The average Bonchev–Trinajstić information content (AvgIpc) is 2.96. The number of carbonyl (C=O) groups is 2. The van der Waals surface area contributed by atoms with Gasteiger partial charge >= 0.3 is 5.97 Å². The Morgan fingerprint density at radius 1 is 1.21 bits per heavy atom. The number of fused-ring (bicyclic) bond motifs is 1. The summed E-state index contributed by atoms with van der Waals surface area (Å²) in [5, 5.41) is 12.8. The van der Waals surface area contributed by atoms with Crippen LogP contribution >= 0.6 is 0 Å². The van der Waals surface area contributed by atoms with Crippen molar-refractivity contribution < 1.29 is 23.5 Å². The molecule has 1 amide bonds. The number of para-hydroxylation sites is 1. The summed E-state index contributed by atoms with van der Waals surface area (Å²) in [5.74, 6) is -3.39. The molecule has 5 nitrogen and oxygen atoms in total. The molecule has 1 aromatic heterocycles. The highest BCUT2D eigenvalue weighted by Crippen LogP contribution is 2.21. The van der Waals surface area contributed by atoms with Crippen molar-refractivity contribution in [3.05, 3.63) is 77.5 Å². The number of benzene rings is 2. The van der Waals surface area contributed by atoms with Crippen LogP contribution in [0.25, 0.3) is 17.0 Å². The predicted molar refractivity (Wildman–Crippen MR) is 102 cm³/mol. The minimum Gasteiger partial charge on any atom is -0.480 e. The molecule has 2 N–H and O–H groups in total. The fraction of sp³-hybridized carbons (Fsp3) is 0.143. The number of aromatic nitrogens is 1. The van der Waals surface area contributed by atoms with Gasteiger partial charge in [0.15, 0.2) is 0 Å². The van der Waals surface area contributed by atoms with Gasteiger partial charge in [0.25, 0.3) is 0 Å². The highest BCUT2D eigenvalue weighted by Gasteiger charge is 2.21. The molecular formula is C21H18F2N2O3. The number of carbonyl (C=O) groups excluding carboxylic acids is 1. The lowest BCUT2D eigenvalue weighted by Gasteiger charge is -2.13. The number of aliphatic carboxylic acids is 1. The third kappa shape index (κ3) is 4.25. The second kappa shape index (κ2) is 8.04. The van der Waals surface area contributed by atoms with Crippen LogP contribution in [0.3, 0.4) is 0 Å². The molecule has 0 aliphatic heterocycles. The number of carboxylic acids is 1. The van der Waals surface area contributed by atoms with Gasteiger partial charge in [-0.05, 0) is 29.8 Å². The summed E-state index contributed by atoms with van der Waals surface area (Å²) < 4.78 is 28.4. The molecule has 2 aromatic carbocycles. The molecule has 7 heteroatoms. The number of carboxylic acid groups (broad SMARTS) is 1. The minimum absolute atomic E-state index is 0.0254. The maximum absolute atomic E-state index is 13.6. The fourth-order valence-electron chi connectivity index (χ4n) is 3.03. The van der Waals surface area contributed by atoms with Crippen LogP contribution in [0, 0.1) is 11.6 Å². The zero-order valence-electron chi connectivity index (χ0n) is 15.0. The standard InChI is InChI=1S/C21H18F2N2O3/c1-25-12-14(16-4-2-3-5-19(16)25)10-18(21(27)28)24-20(26)9-7-13-6-8-15(22)11-17(13)23/h2-9,11-12,18H,10H2,1H3,(H,24,26)(H,27,28)/t18-/m0/s1. The first-order chi connectivity index (χ1) is 13.3. The van der Waals surface area contributed by atoms with E-state index in [-0.39, 0.29) is 12.0 Å². The first kappa shape index (κ1) is 19.3. The van der Waals surface area contributed by atoms with E-state index in [1.54, 1.807) is 0 Å². The Morgan fingerprint density at radius 3 is 2.68 bits per heavy atom. The summed E-state index contributed by atoms with van der Waals surface area (Å²) in [4.78, 5) is 23.7. The van der Waals surface area contributed by atoms with Gasteiger partial charge in [-0.25, -0.2) is 13.6 Å². The zero-order chi connectivity index (χ0) is 20.3. The molecule has 1 heterocycles. The first-order valence-electron chi connectivity index (χ1n) is 8.54. The van der Waals surface area contributed by atoms with Crippen LogP contribution in [-0.4, -0.2) is 27.6 Å². The van der Waals surface area contributed by atoms with E-state index in [9.17, 15) is 23.5 Å². The van der Waals surface area contributed by atoms with E-state index < -0.39 is 29.6 Å². The van der Waals surface area contributed by atoms with Crippen molar-refractivity contribution in [1.29, 1.82) is 0 Å². The molecule has 0 aliphatic rings. The molecule has 0 aliphatic carbocycles. The van der Waals surface area contributed by atoms with Crippen molar-refractivity contribution in [3.63, 3.8) is 0 Å². The van der Waals surface area contributed by atoms with E-state index in [0.29, 0.717) is 6.07 Å². The Kier molecular flexibility index (Phi) is 5.54. The molecule has 0 radical (unpaired) electrons. The summed E-state index contributed by atoms with van der Waals surface area (Å²) >= 11 is 0. The maximum atomic E-state index is 13.6. The van der Waals surface area contributed by atoms with E-state index in [0.717, 1.165) is 28.6 Å². The number of rotatable bonds is 6. The normalized spacial score (nSPS) is 12.4. The Bertz CT molecular complexity index is 1070. The monoisotopic (exact) mass is 384 g/mol. The van der Waals surface area contributed by atoms with Gasteiger partial charge in [-0.3, -0.25) is 4.79 Å². The van der Waals surface area contributed by atoms with E-state index in [1.165, 1.54) is 12.1 Å². The van der Waals surface area contributed by atoms with Crippen LogP contribution in [-0.2, 0) is 23.1 Å². The topological polar surface area (TPSA) is 71.3 Å². The second-order valence-electron chi connectivity index (χ2n) is 6.39. The Balaban J connectivity index is 1.74. The van der Waals surface area contributed by atoms with Crippen molar-refractivity contribution in [2.24, 2.45) is 7.05 Å². The number of amides is 1. The smallest absolute Gasteiger partial charge is 0.326 e. The molecule has 0 spiro atoms. The van der Waals surface area contributed by atoms with Crippen LogP contribution in [0.2, 0.25) is 0 Å². The Hall–Kier alpha value is -3.48. The summed E-state index contributed by atoms with van der Waals surface area (Å²) in [5.41, 5.74) is 1.77.